The monoisotopic (exact) mass is 345 g/mol. The Morgan fingerprint density at radius 2 is 2.20 bits per heavy atom. The van der Waals surface area contributed by atoms with Crippen LogP contribution in [0.25, 0.3) is 0 Å². The fraction of sp³-hybridized carbons (Fsp3) is 0.500. The Morgan fingerprint density at radius 1 is 1.40 bits per heavy atom. The normalized spacial score (nSPS) is 16.7. The lowest BCUT2D eigenvalue weighted by Crippen LogP contribution is -2.37. The summed E-state index contributed by atoms with van der Waals surface area (Å²) in [7, 11) is 1.61. The molecule has 1 N–H and O–H groups in total. The lowest BCUT2D eigenvalue weighted by molar-refractivity contribution is -0.126. The van der Waals surface area contributed by atoms with E-state index in [0.29, 0.717) is 30.5 Å². The molecule has 0 unspecified atom stereocenters. The minimum Gasteiger partial charge on any atom is -0.493 e. The third-order valence-corrected chi connectivity index (χ3v) is 4.10. The number of nitrogens with one attached hydrogen (secondary N) is 1. The second kappa shape index (κ2) is 6.74. The molecule has 1 aromatic carbocycles. The van der Waals surface area contributed by atoms with E-state index in [4.69, 9.17) is 14.0 Å². The number of hydrogen-bond donors (Lipinski definition) is 1. The molecule has 7 heteroatoms. The van der Waals surface area contributed by atoms with Crippen LogP contribution in [0.15, 0.2) is 22.7 Å². The predicted molar refractivity (Wildman–Crippen MR) is 90.5 cm³/mol. The second-order valence-electron chi connectivity index (χ2n) is 7.14. The van der Waals surface area contributed by atoms with Crippen molar-refractivity contribution < 1.29 is 18.8 Å². The molecule has 0 fully saturated rings. The van der Waals surface area contributed by atoms with Crippen molar-refractivity contribution in [3.05, 3.63) is 35.5 Å². The second-order valence-corrected chi connectivity index (χ2v) is 7.14. The number of amides is 1. The molecule has 3 rings (SSSR count). The summed E-state index contributed by atoms with van der Waals surface area (Å²) in [5, 5.41) is 6.80. The minimum absolute atomic E-state index is 0.0935. The van der Waals surface area contributed by atoms with Crippen LogP contribution >= 0.6 is 0 Å². The molecule has 1 aliphatic rings. The lowest BCUT2D eigenvalue weighted by Gasteiger charge is -2.25. The number of para-hydroxylation sites is 1. The Hall–Kier alpha value is -2.57. The van der Waals surface area contributed by atoms with E-state index in [0.717, 1.165) is 11.3 Å². The van der Waals surface area contributed by atoms with E-state index in [1.165, 1.54) is 0 Å². The Kier molecular flexibility index (Phi) is 4.65. The van der Waals surface area contributed by atoms with Crippen molar-refractivity contribution in [3.8, 4) is 11.5 Å². The van der Waals surface area contributed by atoms with Gasteiger partial charge in [0.15, 0.2) is 17.3 Å². The van der Waals surface area contributed by atoms with Gasteiger partial charge in [0.05, 0.1) is 19.6 Å². The van der Waals surface area contributed by atoms with Crippen molar-refractivity contribution in [2.75, 3.05) is 13.7 Å². The average molecular weight is 345 g/mol. The summed E-state index contributed by atoms with van der Waals surface area (Å²) in [5.74, 6) is 2.09. The number of carbonyl (C=O) groups is 1. The Morgan fingerprint density at radius 3 is 2.88 bits per heavy atom. The highest BCUT2D eigenvalue weighted by atomic mass is 16.5. The van der Waals surface area contributed by atoms with Crippen LogP contribution in [0.4, 0.5) is 0 Å². The van der Waals surface area contributed by atoms with Gasteiger partial charge >= 0.3 is 0 Å². The molecule has 0 spiro atoms. The first-order chi connectivity index (χ1) is 11.9. The summed E-state index contributed by atoms with van der Waals surface area (Å²) in [5.41, 5.74) is 0.782. The first kappa shape index (κ1) is 17.3. The standard InChI is InChI=1S/C18H23N3O4/c1-18(2,3)17-20-14(25-21-17)9-19-16(22)12-8-11-6-5-7-13(23-4)15(11)24-10-12/h5-7,12H,8-10H2,1-4H3,(H,19,22)/t12-/m1/s1. The number of methoxy groups -OCH3 is 1. The van der Waals surface area contributed by atoms with Crippen molar-refractivity contribution in [1.29, 1.82) is 0 Å². The molecule has 2 aromatic rings. The average Bonchev–Trinajstić information content (AvgIpc) is 3.08. The molecule has 0 saturated heterocycles. The van der Waals surface area contributed by atoms with Gasteiger partial charge in [-0.3, -0.25) is 4.79 Å². The van der Waals surface area contributed by atoms with Gasteiger partial charge in [-0.15, -0.1) is 0 Å². The molecule has 1 atom stereocenters. The molecule has 0 radical (unpaired) electrons. The number of ether oxygens (including phenoxy) is 2. The third-order valence-electron chi connectivity index (χ3n) is 4.10. The van der Waals surface area contributed by atoms with Crippen molar-refractivity contribution in [2.24, 2.45) is 5.92 Å². The maximum Gasteiger partial charge on any atom is 0.246 e. The maximum atomic E-state index is 12.4. The number of carbonyl (C=O) groups excluding carboxylic acids is 1. The smallest absolute Gasteiger partial charge is 0.246 e. The summed E-state index contributed by atoms with van der Waals surface area (Å²) in [6, 6.07) is 5.69. The molecular weight excluding hydrogens is 322 g/mol. The molecular formula is C18H23N3O4. The van der Waals surface area contributed by atoms with Gasteiger partial charge in [0.2, 0.25) is 11.8 Å². The fourth-order valence-electron chi connectivity index (χ4n) is 2.66. The maximum absolute atomic E-state index is 12.4. The molecule has 7 nitrogen and oxygen atoms in total. The lowest BCUT2D eigenvalue weighted by atomic mass is 9.95. The van der Waals surface area contributed by atoms with E-state index >= 15 is 0 Å². The van der Waals surface area contributed by atoms with Gasteiger partial charge in [-0.05, 0) is 18.1 Å². The summed E-state index contributed by atoms with van der Waals surface area (Å²) in [6.07, 6.45) is 0.607. The van der Waals surface area contributed by atoms with Gasteiger partial charge < -0.3 is 19.3 Å². The zero-order valence-corrected chi connectivity index (χ0v) is 15.0. The number of hydrogen-bond acceptors (Lipinski definition) is 6. The van der Waals surface area contributed by atoms with Crippen molar-refractivity contribution >= 4 is 5.91 Å². The van der Waals surface area contributed by atoms with Crippen molar-refractivity contribution in [3.63, 3.8) is 0 Å². The van der Waals surface area contributed by atoms with Gasteiger partial charge in [0, 0.05) is 5.41 Å². The van der Waals surface area contributed by atoms with E-state index in [-0.39, 0.29) is 23.8 Å². The SMILES string of the molecule is COc1cccc2c1OC[C@H](C(=O)NCc1nc(C(C)(C)C)no1)C2. The minimum atomic E-state index is -0.260. The largest absolute Gasteiger partial charge is 0.493 e. The Bertz CT molecular complexity index is 764. The highest BCUT2D eigenvalue weighted by Gasteiger charge is 2.28. The fourth-order valence-corrected chi connectivity index (χ4v) is 2.66. The van der Waals surface area contributed by atoms with Crippen LogP contribution in [0.5, 0.6) is 11.5 Å². The van der Waals surface area contributed by atoms with Crippen molar-refractivity contribution in [2.45, 2.75) is 39.2 Å². The number of benzene rings is 1. The van der Waals surface area contributed by atoms with Gasteiger partial charge in [0.25, 0.3) is 0 Å². The molecule has 1 aromatic heterocycles. The van der Waals surface area contributed by atoms with E-state index in [1.807, 2.05) is 39.0 Å². The third kappa shape index (κ3) is 3.75. The first-order valence-electron chi connectivity index (χ1n) is 8.28. The Labute approximate surface area is 146 Å². The van der Waals surface area contributed by atoms with Crippen LogP contribution in [-0.4, -0.2) is 29.8 Å². The van der Waals surface area contributed by atoms with Crippen LogP contribution < -0.4 is 14.8 Å². The van der Waals surface area contributed by atoms with Gasteiger partial charge in [-0.2, -0.15) is 4.98 Å². The summed E-state index contributed by atoms with van der Waals surface area (Å²) in [4.78, 5) is 16.7. The van der Waals surface area contributed by atoms with Crippen molar-refractivity contribution in [1.82, 2.24) is 15.5 Å². The van der Waals surface area contributed by atoms with Crippen LogP contribution in [0.2, 0.25) is 0 Å². The van der Waals surface area contributed by atoms with Gasteiger partial charge in [-0.25, -0.2) is 0 Å². The van der Waals surface area contributed by atoms with Crippen LogP contribution in [0, 0.1) is 5.92 Å². The molecule has 0 saturated carbocycles. The van der Waals surface area contributed by atoms with Gasteiger partial charge in [0.1, 0.15) is 6.61 Å². The quantitative estimate of drug-likeness (QED) is 0.914. The molecule has 2 heterocycles. The summed E-state index contributed by atoms with van der Waals surface area (Å²) < 4.78 is 16.2. The van der Waals surface area contributed by atoms with E-state index in [2.05, 4.69) is 15.5 Å². The number of nitrogens with zero attached hydrogens (tertiary/aromatic N) is 2. The topological polar surface area (TPSA) is 86.5 Å². The molecule has 0 aliphatic carbocycles. The number of aromatic nitrogens is 2. The number of fused-ring (bicyclic) bond motifs is 1. The zero-order valence-electron chi connectivity index (χ0n) is 15.0. The van der Waals surface area contributed by atoms with E-state index in [9.17, 15) is 4.79 Å². The molecule has 25 heavy (non-hydrogen) atoms. The highest BCUT2D eigenvalue weighted by Crippen LogP contribution is 2.36. The van der Waals surface area contributed by atoms with Gasteiger partial charge in [-0.1, -0.05) is 38.1 Å². The van der Waals surface area contributed by atoms with E-state index < -0.39 is 0 Å². The van der Waals surface area contributed by atoms with Crippen LogP contribution in [0.3, 0.4) is 0 Å². The van der Waals surface area contributed by atoms with Crippen LogP contribution in [0.1, 0.15) is 38.0 Å². The first-order valence-corrected chi connectivity index (χ1v) is 8.28. The molecule has 1 amide bonds. The Balaban J connectivity index is 1.60. The van der Waals surface area contributed by atoms with Crippen LogP contribution in [-0.2, 0) is 23.2 Å². The summed E-state index contributed by atoms with van der Waals surface area (Å²) in [6.45, 7) is 6.54. The van der Waals surface area contributed by atoms with E-state index in [1.54, 1.807) is 7.11 Å². The zero-order chi connectivity index (χ0) is 18.0. The molecule has 134 valence electrons. The molecule has 0 bridgehead atoms. The highest BCUT2D eigenvalue weighted by molar-refractivity contribution is 5.79. The molecule has 1 aliphatic heterocycles. The number of rotatable bonds is 4. The summed E-state index contributed by atoms with van der Waals surface area (Å²) >= 11 is 0. The predicted octanol–water partition coefficient (Wildman–Crippen LogP) is 2.24.